The van der Waals surface area contributed by atoms with Gasteiger partial charge in [-0.05, 0) is 31.5 Å². The molecule has 92 valence electrons. The van der Waals surface area contributed by atoms with Crippen LogP contribution in [0, 0.1) is 0 Å². The first-order valence-electron chi connectivity index (χ1n) is 4.89. The SMILES string of the molecule is CCC(C)N.Oc1cccc(C(F)(F)F)c1. The second kappa shape index (κ2) is 6.37. The Hall–Kier alpha value is -1.23. The number of benzene rings is 1. The highest BCUT2D eigenvalue weighted by Crippen LogP contribution is 2.30. The van der Waals surface area contributed by atoms with Crippen LogP contribution in [0.15, 0.2) is 24.3 Å². The summed E-state index contributed by atoms with van der Waals surface area (Å²) in [5.74, 6) is -0.375. The van der Waals surface area contributed by atoms with Crippen molar-refractivity contribution in [3.8, 4) is 5.75 Å². The molecule has 0 radical (unpaired) electrons. The van der Waals surface area contributed by atoms with Gasteiger partial charge in [0, 0.05) is 6.04 Å². The summed E-state index contributed by atoms with van der Waals surface area (Å²) in [5, 5.41) is 8.68. The second-order valence-corrected chi connectivity index (χ2v) is 3.43. The summed E-state index contributed by atoms with van der Waals surface area (Å²) in [4.78, 5) is 0. The van der Waals surface area contributed by atoms with E-state index in [1.165, 1.54) is 6.07 Å². The Labute approximate surface area is 92.9 Å². The Kier molecular flexibility index (Phi) is 5.88. The van der Waals surface area contributed by atoms with E-state index < -0.39 is 11.7 Å². The summed E-state index contributed by atoms with van der Waals surface area (Å²) in [6.07, 6.45) is -3.29. The van der Waals surface area contributed by atoms with Crippen molar-refractivity contribution < 1.29 is 18.3 Å². The summed E-state index contributed by atoms with van der Waals surface area (Å²) in [6.45, 7) is 4.07. The van der Waals surface area contributed by atoms with Crippen molar-refractivity contribution in [3.63, 3.8) is 0 Å². The van der Waals surface area contributed by atoms with Crippen LogP contribution in [0.3, 0.4) is 0 Å². The van der Waals surface area contributed by atoms with E-state index in [0.29, 0.717) is 12.1 Å². The van der Waals surface area contributed by atoms with Crippen molar-refractivity contribution in [2.45, 2.75) is 32.5 Å². The quantitative estimate of drug-likeness (QED) is 0.785. The van der Waals surface area contributed by atoms with Crippen LogP contribution in [0.5, 0.6) is 5.75 Å². The number of phenolic OH excluding ortho intramolecular Hbond substituents is 1. The Morgan fingerprint density at radius 1 is 1.38 bits per heavy atom. The molecule has 0 saturated heterocycles. The molecule has 0 fully saturated rings. The highest BCUT2D eigenvalue weighted by Gasteiger charge is 2.30. The van der Waals surface area contributed by atoms with E-state index in [-0.39, 0.29) is 5.75 Å². The molecule has 0 aliphatic heterocycles. The van der Waals surface area contributed by atoms with Gasteiger partial charge in [0.1, 0.15) is 5.75 Å². The number of alkyl halides is 3. The normalized spacial score (nSPS) is 12.6. The minimum Gasteiger partial charge on any atom is -0.508 e. The molecule has 1 unspecified atom stereocenters. The van der Waals surface area contributed by atoms with Gasteiger partial charge in [0.25, 0.3) is 0 Å². The second-order valence-electron chi connectivity index (χ2n) is 3.43. The van der Waals surface area contributed by atoms with Crippen molar-refractivity contribution in [3.05, 3.63) is 29.8 Å². The molecule has 0 saturated carbocycles. The van der Waals surface area contributed by atoms with Crippen molar-refractivity contribution in [1.82, 2.24) is 0 Å². The largest absolute Gasteiger partial charge is 0.508 e. The van der Waals surface area contributed by atoms with E-state index in [1.807, 2.05) is 6.92 Å². The molecule has 0 spiro atoms. The smallest absolute Gasteiger partial charge is 0.416 e. The third-order valence-corrected chi connectivity index (χ3v) is 1.82. The predicted octanol–water partition coefficient (Wildman–Crippen LogP) is 3.15. The molecule has 0 amide bonds. The molecule has 0 aliphatic rings. The zero-order valence-corrected chi connectivity index (χ0v) is 9.25. The maximum Gasteiger partial charge on any atom is 0.416 e. The first-order valence-corrected chi connectivity index (χ1v) is 4.89. The standard InChI is InChI=1S/C7H5F3O.C4H11N/c8-7(9,10)5-2-1-3-6(11)4-5;1-3-4(2)5/h1-4,11H;4H,3,5H2,1-2H3. The summed E-state index contributed by atoms with van der Waals surface area (Å²) >= 11 is 0. The summed E-state index contributed by atoms with van der Waals surface area (Å²) in [7, 11) is 0. The van der Waals surface area contributed by atoms with Crippen molar-refractivity contribution in [2.75, 3.05) is 0 Å². The lowest BCUT2D eigenvalue weighted by Gasteiger charge is -2.05. The van der Waals surface area contributed by atoms with Crippen LogP contribution in [0.2, 0.25) is 0 Å². The number of phenols is 1. The molecule has 0 bridgehead atoms. The van der Waals surface area contributed by atoms with E-state index in [0.717, 1.165) is 18.6 Å². The molecule has 0 aromatic heterocycles. The molecule has 16 heavy (non-hydrogen) atoms. The van der Waals surface area contributed by atoms with Gasteiger partial charge in [-0.15, -0.1) is 0 Å². The van der Waals surface area contributed by atoms with Crippen LogP contribution in [-0.2, 0) is 6.18 Å². The van der Waals surface area contributed by atoms with Crippen LogP contribution < -0.4 is 5.73 Å². The maximum atomic E-state index is 11.9. The Morgan fingerprint density at radius 3 is 2.12 bits per heavy atom. The Balaban J connectivity index is 0.000000385. The van der Waals surface area contributed by atoms with Gasteiger partial charge >= 0.3 is 6.18 Å². The minimum absolute atomic E-state index is 0.375. The number of aromatic hydroxyl groups is 1. The number of halogens is 3. The van der Waals surface area contributed by atoms with Gasteiger partial charge in [0.15, 0.2) is 0 Å². The molecule has 3 N–H and O–H groups in total. The third kappa shape index (κ3) is 6.29. The van der Waals surface area contributed by atoms with Crippen LogP contribution in [0.25, 0.3) is 0 Å². The summed E-state index contributed by atoms with van der Waals surface area (Å²) in [5.41, 5.74) is 4.46. The Bertz CT molecular complexity index is 310. The molecule has 1 atom stereocenters. The van der Waals surface area contributed by atoms with Crippen LogP contribution >= 0.6 is 0 Å². The monoisotopic (exact) mass is 235 g/mol. The van der Waals surface area contributed by atoms with E-state index in [1.54, 1.807) is 0 Å². The zero-order valence-electron chi connectivity index (χ0n) is 9.25. The third-order valence-electron chi connectivity index (χ3n) is 1.82. The highest BCUT2D eigenvalue weighted by molar-refractivity contribution is 5.28. The van der Waals surface area contributed by atoms with E-state index in [4.69, 9.17) is 10.8 Å². The van der Waals surface area contributed by atoms with Gasteiger partial charge in [-0.1, -0.05) is 13.0 Å². The van der Waals surface area contributed by atoms with Crippen molar-refractivity contribution >= 4 is 0 Å². The summed E-state index contributed by atoms with van der Waals surface area (Å²) < 4.78 is 35.6. The van der Waals surface area contributed by atoms with Gasteiger partial charge < -0.3 is 10.8 Å². The Morgan fingerprint density at radius 2 is 1.88 bits per heavy atom. The van der Waals surface area contributed by atoms with Crippen LogP contribution in [0.4, 0.5) is 13.2 Å². The fourth-order valence-electron chi connectivity index (χ4n) is 0.682. The maximum absolute atomic E-state index is 11.9. The molecule has 1 aromatic carbocycles. The predicted molar refractivity (Wildman–Crippen MR) is 57.0 cm³/mol. The molecule has 0 aliphatic carbocycles. The minimum atomic E-state index is -4.38. The number of nitrogens with two attached hydrogens (primary N) is 1. The first-order chi connectivity index (χ1) is 7.27. The van der Waals surface area contributed by atoms with E-state index >= 15 is 0 Å². The first kappa shape index (κ1) is 14.8. The number of hydrogen-bond acceptors (Lipinski definition) is 2. The summed E-state index contributed by atoms with van der Waals surface area (Å²) in [6, 6.07) is 4.31. The van der Waals surface area contributed by atoms with E-state index in [9.17, 15) is 13.2 Å². The molecule has 0 heterocycles. The van der Waals surface area contributed by atoms with Gasteiger partial charge in [-0.2, -0.15) is 13.2 Å². The van der Waals surface area contributed by atoms with Gasteiger partial charge in [0.05, 0.1) is 5.56 Å². The lowest BCUT2D eigenvalue weighted by molar-refractivity contribution is -0.137. The molecule has 5 heteroatoms. The highest BCUT2D eigenvalue weighted by atomic mass is 19.4. The average molecular weight is 235 g/mol. The fourth-order valence-corrected chi connectivity index (χ4v) is 0.682. The van der Waals surface area contributed by atoms with Crippen molar-refractivity contribution in [1.29, 1.82) is 0 Å². The number of hydrogen-bond donors (Lipinski definition) is 2. The van der Waals surface area contributed by atoms with Gasteiger partial charge in [-0.3, -0.25) is 0 Å². The molecule has 1 aromatic rings. The lowest BCUT2D eigenvalue weighted by Crippen LogP contribution is -2.11. The molecular formula is C11H16F3NO. The lowest BCUT2D eigenvalue weighted by atomic mass is 10.2. The molecule has 2 nitrogen and oxygen atoms in total. The zero-order chi connectivity index (χ0) is 12.8. The molecule has 1 rings (SSSR count). The van der Waals surface area contributed by atoms with E-state index in [2.05, 4.69) is 6.92 Å². The van der Waals surface area contributed by atoms with Gasteiger partial charge in [-0.25, -0.2) is 0 Å². The van der Waals surface area contributed by atoms with Crippen LogP contribution in [-0.4, -0.2) is 11.1 Å². The topological polar surface area (TPSA) is 46.2 Å². The number of rotatable bonds is 1. The van der Waals surface area contributed by atoms with Gasteiger partial charge in [0.2, 0.25) is 0 Å². The molecular weight excluding hydrogens is 219 g/mol. The van der Waals surface area contributed by atoms with Crippen molar-refractivity contribution in [2.24, 2.45) is 5.73 Å². The average Bonchev–Trinajstić information content (AvgIpc) is 2.17. The van der Waals surface area contributed by atoms with Crippen LogP contribution in [0.1, 0.15) is 25.8 Å². The fraction of sp³-hybridized carbons (Fsp3) is 0.455.